The Hall–Kier alpha value is -3.59. The molecule has 0 radical (unpaired) electrons. The monoisotopic (exact) mass is 445 g/mol. The van der Waals surface area contributed by atoms with E-state index in [-0.39, 0.29) is 34.0 Å². The minimum Gasteiger partial charge on any atom is -0.336 e. The Morgan fingerprint density at radius 3 is 2.52 bits per heavy atom. The fourth-order valence-corrected chi connectivity index (χ4v) is 3.26. The SMILES string of the molecule is CCC(=O)NC(=O)N1C(=O)C(NC(=O)c2cccc(Cl)c2F)c2cc(C(C)=O)ccc21. The molecule has 0 aliphatic carbocycles. The van der Waals surface area contributed by atoms with Crippen LogP contribution in [0.5, 0.6) is 0 Å². The molecule has 2 aromatic rings. The van der Waals surface area contributed by atoms with E-state index in [4.69, 9.17) is 11.6 Å². The van der Waals surface area contributed by atoms with Crippen LogP contribution >= 0.6 is 11.6 Å². The van der Waals surface area contributed by atoms with Crippen LogP contribution in [0.25, 0.3) is 0 Å². The second-order valence-electron chi connectivity index (χ2n) is 6.72. The number of nitrogens with zero attached hydrogens (tertiary/aromatic N) is 1. The zero-order chi connectivity index (χ0) is 22.9. The summed E-state index contributed by atoms with van der Waals surface area (Å²) in [5, 5.41) is 4.18. The molecule has 2 N–H and O–H groups in total. The highest BCUT2D eigenvalue weighted by molar-refractivity contribution is 6.31. The van der Waals surface area contributed by atoms with E-state index in [1.165, 1.54) is 50.2 Å². The highest BCUT2D eigenvalue weighted by Crippen LogP contribution is 2.37. The van der Waals surface area contributed by atoms with Crippen LogP contribution in [0, 0.1) is 5.82 Å². The van der Waals surface area contributed by atoms with Crippen LogP contribution in [-0.2, 0) is 9.59 Å². The lowest BCUT2D eigenvalue weighted by Gasteiger charge is -2.16. The van der Waals surface area contributed by atoms with Gasteiger partial charge in [0.2, 0.25) is 5.91 Å². The maximum atomic E-state index is 14.2. The van der Waals surface area contributed by atoms with Crippen LogP contribution in [0.3, 0.4) is 0 Å². The number of rotatable bonds is 4. The number of ketones is 1. The molecule has 31 heavy (non-hydrogen) atoms. The number of nitrogens with one attached hydrogen (secondary N) is 2. The number of hydrogen-bond donors (Lipinski definition) is 2. The van der Waals surface area contributed by atoms with Gasteiger partial charge in [0.05, 0.1) is 16.3 Å². The van der Waals surface area contributed by atoms with Crippen molar-refractivity contribution in [2.75, 3.05) is 4.90 Å². The lowest BCUT2D eigenvalue weighted by atomic mass is 10.0. The zero-order valence-electron chi connectivity index (χ0n) is 16.5. The van der Waals surface area contributed by atoms with Gasteiger partial charge < -0.3 is 5.32 Å². The molecule has 160 valence electrons. The number of imide groups is 2. The van der Waals surface area contributed by atoms with Crippen LogP contribution in [0.4, 0.5) is 14.9 Å². The van der Waals surface area contributed by atoms with E-state index in [9.17, 15) is 28.4 Å². The maximum Gasteiger partial charge on any atom is 0.335 e. The average molecular weight is 446 g/mol. The highest BCUT2D eigenvalue weighted by Gasteiger charge is 2.42. The van der Waals surface area contributed by atoms with E-state index in [0.717, 1.165) is 0 Å². The van der Waals surface area contributed by atoms with Gasteiger partial charge in [-0.15, -0.1) is 0 Å². The van der Waals surface area contributed by atoms with Gasteiger partial charge in [-0.25, -0.2) is 14.1 Å². The number of carbonyl (C=O) groups is 5. The van der Waals surface area contributed by atoms with Gasteiger partial charge in [-0.2, -0.15) is 0 Å². The molecule has 5 amide bonds. The molecule has 2 aromatic carbocycles. The van der Waals surface area contributed by atoms with Crippen molar-refractivity contribution < 1.29 is 28.4 Å². The van der Waals surface area contributed by atoms with Gasteiger partial charge in [-0.05, 0) is 37.3 Å². The number of halogens is 2. The molecule has 1 atom stereocenters. The van der Waals surface area contributed by atoms with Crippen molar-refractivity contribution in [1.82, 2.24) is 10.6 Å². The van der Waals surface area contributed by atoms with Gasteiger partial charge in [-0.3, -0.25) is 24.5 Å². The summed E-state index contributed by atoms with van der Waals surface area (Å²) in [4.78, 5) is 62.3. The Kier molecular flexibility index (Phi) is 6.16. The first-order valence-corrected chi connectivity index (χ1v) is 9.61. The molecule has 0 fully saturated rings. The summed E-state index contributed by atoms with van der Waals surface area (Å²) in [5.74, 6) is -3.68. The van der Waals surface area contributed by atoms with Gasteiger partial charge >= 0.3 is 6.03 Å². The fourth-order valence-electron chi connectivity index (χ4n) is 3.09. The molecule has 1 unspecified atom stereocenters. The molecule has 10 heteroatoms. The Balaban J connectivity index is 2.01. The third-order valence-corrected chi connectivity index (χ3v) is 4.99. The minimum atomic E-state index is -1.39. The molecule has 0 saturated heterocycles. The normalized spacial score (nSPS) is 14.8. The lowest BCUT2D eigenvalue weighted by molar-refractivity contribution is -0.119. The predicted molar refractivity (Wildman–Crippen MR) is 109 cm³/mol. The summed E-state index contributed by atoms with van der Waals surface area (Å²) in [6.45, 7) is 2.85. The Labute approximate surface area is 181 Å². The van der Waals surface area contributed by atoms with Gasteiger partial charge in [0, 0.05) is 17.5 Å². The molecule has 1 aliphatic rings. The van der Waals surface area contributed by atoms with E-state index >= 15 is 0 Å². The van der Waals surface area contributed by atoms with Crippen molar-refractivity contribution in [2.24, 2.45) is 0 Å². The molecular formula is C21H17ClFN3O5. The zero-order valence-corrected chi connectivity index (χ0v) is 17.2. The fraction of sp³-hybridized carbons (Fsp3) is 0.190. The predicted octanol–water partition coefficient (Wildman–Crippen LogP) is 3.15. The third kappa shape index (κ3) is 4.17. The molecule has 0 bridgehead atoms. The average Bonchev–Trinajstić information content (AvgIpc) is 3.00. The molecular weight excluding hydrogens is 429 g/mol. The van der Waals surface area contributed by atoms with Crippen molar-refractivity contribution in [3.8, 4) is 0 Å². The smallest absolute Gasteiger partial charge is 0.335 e. The van der Waals surface area contributed by atoms with Crippen LogP contribution in [0.2, 0.25) is 5.02 Å². The topological polar surface area (TPSA) is 113 Å². The van der Waals surface area contributed by atoms with Crippen molar-refractivity contribution >= 4 is 46.8 Å². The van der Waals surface area contributed by atoms with E-state index in [2.05, 4.69) is 10.6 Å². The second kappa shape index (κ2) is 8.65. The second-order valence-corrected chi connectivity index (χ2v) is 7.13. The molecule has 0 spiro atoms. The van der Waals surface area contributed by atoms with Gasteiger partial charge in [0.15, 0.2) is 11.6 Å². The van der Waals surface area contributed by atoms with Crippen molar-refractivity contribution in [3.05, 3.63) is 63.9 Å². The number of benzene rings is 2. The van der Waals surface area contributed by atoms with Crippen LogP contribution < -0.4 is 15.5 Å². The number of amides is 5. The van der Waals surface area contributed by atoms with Crippen LogP contribution in [0.15, 0.2) is 36.4 Å². The summed E-state index contributed by atoms with van der Waals surface area (Å²) < 4.78 is 14.2. The third-order valence-electron chi connectivity index (χ3n) is 4.70. The first-order chi connectivity index (χ1) is 14.6. The van der Waals surface area contributed by atoms with Crippen molar-refractivity contribution in [1.29, 1.82) is 0 Å². The van der Waals surface area contributed by atoms with Gasteiger partial charge in [0.1, 0.15) is 6.04 Å². The number of carbonyl (C=O) groups excluding carboxylic acids is 5. The minimum absolute atomic E-state index is 0.0120. The van der Waals surface area contributed by atoms with Crippen LogP contribution in [0.1, 0.15) is 52.6 Å². The van der Waals surface area contributed by atoms with E-state index in [1.807, 2.05) is 0 Å². The number of anilines is 1. The van der Waals surface area contributed by atoms with E-state index < -0.39 is 41.2 Å². The number of urea groups is 1. The Bertz CT molecular complexity index is 1130. The number of Topliss-reactive ketones (excluding diaryl/α,β-unsaturated/α-hetero) is 1. The Morgan fingerprint density at radius 2 is 1.87 bits per heavy atom. The molecule has 1 heterocycles. The largest absolute Gasteiger partial charge is 0.336 e. The summed E-state index contributed by atoms with van der Waals surface area (Å²) in [6.07, 6.45) is 0.0120. The Morgan fingerprint density at radius 1 is 1.16 bits per heavy atom. The number of fused-ring (bicyclic) bond motifs is 1. The number of hydrogen-bond acceptors (Lipinski definition) is 5. The standard InChI is InChI=1S/C21H17ClFN3O5/c1-3-16(28)24-21(31)26-15-8-7-11(10(2)27)9-13(15)18(20(26)30)25-19(29)12-5-4-6-14(22)17(12)23/h4-9,18H,3H2,1-2H3,(H,25,29)(H,24,28,31). The lowest BCUT2D eigenvalue weighted by Crippen LogP contribution is -2.47. The quantitative estimate of drug-likeness (QED) is 0.702. The summed E-state index contributed by atoms with van der Waals surface area (Å²) in [5.41, 5.74) is 0.0983. The van der Waals surface area contributed by atoms with Gasteiger partial charge in [0.25, 0.3) is 11.8 Å². The molecule has 1 aliphatic heterocycles. The summed E-state index contributed by atoms with van der Waals surface area (Å²) in [6, 6.07) is 5.58. The first-order valence-electron chi connectivity index (χ1n) is 9.23. The first kappa shape index (κ1) is 22.1. The maximum absolute atomic E-state index is 14.2. The summed E-state index contributed by atoms with van der Waals surface area (Å²) >= 11 is 5.71. The highest BCUT2D eigenvalue weighted by atomic mass is 35.5. The van der Waals surface area contributed by atoms with E-state index in [1.54, 1.807) is 0 Å². The molecule has 0 aromatic heterocycles. The van der Waals surface area contributed by atoms with Crippen LogP contribution in [-0.4, -0.2) is 29.5 Å². The molecule has 8 nitrogen and oxygen atoms in total. The van der Waals surface area contributed by atoms with Crippen molar-refractivity contribution in [2.45, 2.75) is 26.3 Å². The summed E-state index contributed by atoms with van der Waals surface area (Å²) in [7, 11) is 0. The van der Waals surface area contributed by atoms with Gasteiger partial charge in [-0.1, -0.05) is 24.6 Å². The van der Waals surface area contributed by atoms with Crippen molar-refractivity contribution in [3.63, 3.8) is 0 Å². The molecule has 0 saturated carbocycles. The molecule has 3 rings (SSSR count). The van der Waals surface area contributed by atoms with E-state index in [0.29, 0.717) is 4.90 Å².